The van der Waals surface area contributed by atoms with Gasteiger partial charge in [0.05, 0.1) is 19.2 Å². The van der Waals surface area contributed by atoms with Gasteiger partial charge >= 0.3 is 12.0 Å². The lowest BCUT2D eigenvalue weighted by Crippen LogP contribution is -2.59. The number of rotatable bonds is 12. The molecule has 1 saturated carbocycles. The first-order chi connectivity index (χ1) is 26.0. The van der Waals surface area contributed by atoms with Crippen LogP contribution in [0.1, 0.15) is 88.3 Å². The van der Waals surface area contributed by atoms with Gasteiger partial charge in [-0.25, -0.2) is 9.59 Å². The normalized spacial score (nSPS) is 19.9. The molecular formula is C39H52N6O9. The van der Waals surface area contributed by atoms with Crippen LogP contribution in [-0.2, 0) is 35.2 Å². The van der Waals surface area contributed by atoms with Gasteiger partial charge in [-0.15, -0.1) is 0 Å². The van der Waals surface area contributed by atoms with Gasteiger partial charge in [0.25, 0.3) is 5.91 Å². The second kappa shape index (κ2) is 21.3. The van der Waals surface area contributed by atoms with E-state index in [1.807, 2.05) is 0 Å². The molecule has 7 N–H and O–H groups in total. The molecule has 1 aliphatic heterocycles. The lowest BCUT2D eigenvalue weighted by molar-refractivity contribution is -0.142. The summed E-state index contributed by atoms with van der Waals surface area (Å²) < 4.78 is 5.92. The summed E-state index contributed by atoms with van der Waals surface area (Å²) in [5.41, 5.74) is 0.996. The molecule has 0 aromatic heterocycles. The zero-order chi connectivity index (χ0) is 38.9. The van der Waals surface area contributed by atoms with Crippen molar-refractivity contribution in [2.75, 3.05) is 19.7 Å². The van der Waals surface area contributed by atoms with Crippen LogP contribution in [0.5, 0.6) is 5.75 Å². The van der Waals surface area contributed by atoms with Crippen LogP contribution in [0.25, 0.3) is 0 Å². The van der Waals surface area contributed by atoms with Gasteiger partial charge in [0, 0.05) is 13.0 Å². The van der Waals surface area contributed by atoms with Crippen LogP contribution in [0.4, 0.5) is 4.79 Å². The molecule has 1 fully saturated rings. The highest BCUT2D eigenvalue weighted by atomic mass is 16.5. The fourth-order valence-electron chi connectivity index (χ4n) is 6.70. The number of aliphatic carboxylic acids is 1. The average Bonchev–Trinajstić information content (AvgIpc) is 3.17. The summed E-state index contributed by atoms with van der Waals surface area (Å²) in [7, 11) is 0. The second-order valence-corrected chi connectivity index (χ2v) is 13.7. The molecule has 4 rings (SSSR count). The number of ether oxygens (including phenoxy) is 1. The van der Waals surface area contributed by atoms with E-state index in [1.165, 1.54) is 12.1 Å². The highest BCUT2D eigenvalue weighted by molar-refractivity contribution is 6.38. The summed E-state index contributed by atoms with van der Waals surface area (Å²) >= 11 is 0. The lowest BCUT2D eigenvalue weighted by atomic mass is 9.83. The molecule has 292 valence electrons. The van der Waals surface area contributed by atoms with E-state index in [4.69, 9.17) is 4.74 Å². The number of carbonyl (C=O) groups excluding carboxylic acids is 6. The van der Waals surface area contributed by atoms with Gasteiger partial charge in [0.15, 0.2) is 6.04 Å². The van der Waals surface area contributed by atoms with E-state index in [-0.39, 0.29) is 18.8 Å². The van der Waals surface area contributed by atoms with Crippen molar-refractivity contribution in [3.63, 3.8) is 0 Å². The van der Waals surface area contributed by atoms with E-state index < -0.39 is 72.1 Å². The van der Waals surface area contributed by atoms with Gasteiger partial charge in [-0.05, 0) is 67.7 Å². The Hall–Kier alpha value is -5.47. The Morgan fingerprint density at radius 3 is 2.35 bits per heavy atom. The number of amides is 6. The first-order valence-corrected chi connectivity index (χ1v) is 18.8. The van der Waals surface area contributed by atoms with Crippen LogP contribution < -0.4 is 36.6 Å². The molecule has 54 heavy (non-hydrogen) atoms. The van der Waals surface area contributed by atoms with E-state index in [1.54, 1.807) is 49.4 Å². The van der Waals surface area contributed by atoms with E-state index >= 15 is 0 Å². The molecule has 2 aliphatic rings. The molecule has 2 aromatic carbocycles. The van der Waals surface area contributed by atoms with Crippen LogP contribution >= 0.6 is 0 Å². The summed E-state index contributed by atoms with van der Waals surface area (Å²) in [6.07, 6.45) is 7.15. The highest BCUT2D eigenvalue weighted by Crippen LogP contribution is 2.27. The van der Waals surface area contributed by atoms with Gasteiger partial charge in [-0.3, -0.25) is 24.0 Å². The van der Waals surface area contributed by atoms with Crippen molar-refractivity contribution in [3.8, 4) is 5.75 Å². The highest BCUT2D eigenvalue weighted by Gasteiger charge is 2.35. The number of hydrogen-bond donors (Lipinski definition) is 7. The van der Waals surface area contributed by atoms with Crippen molar-refractivity contribution in [3.05, 3.63) is 65.7 Å². The first kappa shape index (κ1) is 41.3. The molecule has 0 saturated heterocycles. The molecule has 1 aliphatic carbocycles. The zero-order valence-electron chi connectivity index (χ0n) is 30.7. The number of carbonyl (C=O) groups is 7. The van der Waals surface area contributed by atoms with Crippen LogP contribution in [0.2, 0.25) is 0 Å². The first-order valence-electron chi connectivity index (χ1n) is 18.8. The number of nitrogens with one attached hydrogen (secondary N) is 6. The number of carboxylic acids is 1. The maximum atomic E-state index is 14.0. The fourth-order valence-corrected chi connectivity index (χ4v) is 6.70. The third kappa shape index (κ3) is 12.9. The largest absolute Gasteiger partial charge is 0.494 e. The zero-order valence-corrected chi connectivity index (χ0v) is 30.7. The Morgan fingerprint density at radius 1 is 0.889 bits per heavy atom. The standard InChI is InChI=1S/C39H52N6O9/c1-2-13-29(34(47)37(50)41-24-31(46)44-33(38(51)52)27-17-8-4-9-18-27)42-35(48)30-23-25-14-12-19-28(22-25)54-21-11-5-10-20-40-39(53)45-32(36(49)43-30)26-15-6-3-7-16-26/h4,8-9,12,14,17-19,22,26,29-30,32-33H,2-3,5-7,10-11,13,15-16,20-21,23-24H2,1H3,(H,41,50)(H,42,48)(H,43,49)(H,44,46)(H,51,52)(H2,40,45,53)/t29?,30-,32?,33-/m0/s1. The topological polar surface area (TPSA) is 221 Å². The molecule has 1 heterocycles. The van der Waals surface area contributed by atoms with Crippen molar-refractivity contribution >= 4 is 41.4 Å². The molecular weight excluding hydrogens is 696 g/mol. The van der Waals surface area contributed by atoms with Crippen LogP contribution in [0, 0.1) is 5.92 Å². The smallest absolute Gasteiger partial charge is 0.330 e. The minimum Gasteiger partial charge on any atom is -0.494 e. The molecule has 2 unspecified atom stereocenters. The number of urea groups is 1. The van der Waals surface area contributed by atoms with E-state index in [0.29, 0.717) is 36.4 Å². The average molecular weight is 749 g/mol. The van der Waals surface area contributed by atoms with Crippen molar-refractivity contribution in [2.24, 2.45) is 5.92 Å². The summed E-state index contributed by atoms with van der Waals surface area (Å²) in [6, 6.07) is 9.91. The van der Waals surface area contributed by atoms with Crippen LogP contribution in [0.15, 0.2) is 54.6 Å². The number of hydrogen-bond acceptors (Lipinski definition) is 8. The number of benzene rings is 2. The second-order valence-electron chi connectivity index (χ2n) is 13.7. The number of ketones is 1. The van der Waals surface area contributed by atoms with E-state index in [2.05, 4.69) is 31.9 Å². The Balaban J connectivity index is 1.50. The third-order valence-corrected chi connectivity index (χ3v) is 9.57. The fraction of sp³-hybridized carbons (Fsp3) is 0.513. The Bertz CT molecular complexity index is 1610. The van der Waals surface area contributed by atoms with Crippen molar-refractivity contribution in [2.45, 2.75) is 102 Å². The summed E-state index contributed by atoms with van der Waals surface area (Å²) in [5.74, 6) is -5.11. The molecule has 15 nitrogen and oxygen atoms in total. The predicted octanol–water partition coefficient (Wildman–Crippen LogP) is 2.44. The van der Waals surface area contributed by atoms with Crippen LogP contribution in [0.3, 0.4) is 0 Å². The lowest BCUT2D eigenvalue weighted by Gasteiger charge is -2.31. The molecule has 15 heteroatoms. The summed E-state index contributed by atoms with van der Waals surface area (Å²) in [6.45, 7) is 1.96. The Morgan fingerprint density at radius 2 is 1.63 bits per heavy atom. The van der Waals surface area contributed by atoms with E-state index in [9.17, 15) is 38.7 Å². The molecule has 0 radical (unpaired) electrons. The van der Waals surface area contributed by atoms with Gasteiger partial charge in [0.1, 0.15) is 17.8 Å². The minimum absolute atomic E-state index is 0.0178. The van der Waals surface area contributed by atoms with Crippen molar-refractivity contribution in [1.29, 1.82) is 0 Å². The predicted molar refractivity (Wildman–Crippen MR) is 198 cm³/mol. The molecule has 6 amide bonds. The maximum Gasteiger partial charge on any atom is 0.330 e. The van der Waals surface area contributed by atoms with Gasteiger partial charge in [0.2, 0.25) is 23.5 Å². The van der Waals surface area contributed by atoms with Gasteiger partial charge in [-0.1, -0.05) is 75.1 Å². The molecule has 2 aromatic rings. The maximum absolute atomic E-state index is 14.0. The quantitative estimate of drug-likeness (QED) is 0.158. The van der Waals surface area contributed by atoms with Gasteiger partial charge in [-0.2, -0.15) is 0 Å². The molecule has 0 spiro atoms. The summed E-state index contributed by atoms with van der Waals surface area (Å²) in [5, 5.41) is 25.3. The van der Waals surface area contributed by atoms with Crippen molar-refractivity contribution < 1.29 is 43.4 Å². The van der Waals surface area contributed by atoms with Crippen molar-refractivity contribution in [1.82, 2.24) is 31.9 Å². The van der Waals surface area contributed by atoms with Crippen LogP contribution in [-0.4, -0.2) is 84.3 Å². The SMILES string of the molecule is CCCC(NC(=O)[C@@H]1Cc2cccc(c2)OCCCCCNC(=O)NC(C2CCCCC2)C(=O)N1)C(=O)C(=O)NCC(=O)N[C@H](C(=O)O)c1ccccc1. The summed E-state index contributed by atoms with van der Waals surface area (Å²) in [4.78, 5) is 91.7. The molecule has 2 bridgehead atoms. The van der Waals surface area contributed by atoms with E-state index in [0.717, 1.165) is 51.4 Å². The number of fused-ring (bicyclic) bond motifs is 2. The molecule has 4 atom stereocenters. The minimum atomic E-state index is -1.37. The third-order valence-electron chi connectivity index (χ3n) is 9.57. The Kier molecular flexibility index (Phi) is 16.3. The number of carboxylic acid groups (broad SMARTS) is 1. The monoisotopic (exact) mass is 748 g/mol. The Labute approximate surface area is 315 Å². The number of Topliss-reactive ketones (excluding diaryl/α,β-unsaturated/α-hetero) is 1. The van der Waals surface area contributed by atoms with Gasteiger partial charge < -0.3 is 41.7 Å².